The van der Waals surface area contributed by atoms with Crippen molar-refractivity contribution in [2.75, 3.05) is 0 Å². The molecule has 2 aromatic heterocycles. The molecule has 0 aliphatic carbocycles. The highest BCUT2D eigenvalue weighted by molar-refractivity contribution is 5.91. The average molecular weight is 371 g/mol. The van der Waals surface area contributed by atoms with E-state index in [0.717, 1.165) is 28.0 Å². The van der Waals surface area contributed by atoms with E-state index in [-0.39, 0.29) is 5.56 Å². The molecule has 4 heteroatoms. The lowest BCUT2D eigenvalue weighted by molar-refractivity contribution is 0.554. The Morgan fingerprint density at radius 2 is 1.93 bits per heavy atom. The highest BCUT2D eigenvalue weighted by Crippen LogP contribution is 2.31. The van der Waals surface area contributed by atoms with Gasteiger partial charge in [0.1, 0.15) is 0 Å². The molecular formula is C24H25N3O. The van der Waals surface area contributed by atoms with Gasteiger partial charge in [0.15, 0.2) is 0 Å². The van der Waals surface area contributed by atoms with Crippen LogP contribution in [0.1, 0.15) is 31.9 Å². The van der Waals surface area contributed by atoms with Crippen LogP contribution in [0.15, 0.2) is 78.3 Å². The number of benzene rings is 1. The lowest BCUT2D eigenvalue weighted by Gasteiger charge is -2.19. The second-order valence-corrected chi connectivity index (χ2v) is 7.26. The second kappa shape index (κ2) is 7.79. The van der Waals surface area contributed by atoms with E-state index in [0.29, 0.717) is 10.9 Å². The zero-order valence-corrected chi connectivity index (χ0v) is 16.5. The van der Waals surface area contributed by atoms with E-state index in [1.807, 2.05) is 75.4 Å². The van der Waals surface area contributed by atoms with Gasteiger partial charge in [0.25, 0.3) is 5.56 Å². The Kier molecular flexibility index (Phi) is 5.43. The fourth-order valence-electron chi connectivity index (χ4n) is 3.12. The third-order valence-corrected chi connectivity index (χ3v) is 4.69. The summed E-state index contributed by atoms with van der Waals surface area (Å²) < 4.78 is 0. The Morgan fingerprint density at radius 1 is 1.21 bits per heavy atom. The summed E-state index contributed by atoms with van der Waals surface area (Å²) in [5.41, 5.74) is 11.0. The van der Waals surface area contributed by atoms with Gasteiger partial charge in [-0.25, -0.2) is 4.98 Å². The van der Waals surface area contributed by atoms with Gasteiger partial charge < -0.3 is 10.7 Å². The normalized spacial score (nSPS) is 12.6. The van der Waals surface area contributed by atoms with Crippen LogP contribution in [-0.4, -0.2) is 9.97 Å². The Labute approximate surface area is 165 Å². The van der Waals surface area contributed by atoms with Crippen molar-refractivity contribution in [1.29, 1.82) is 0 Å². The first-order valence-corrected chi connectivity index (χ1v) is 9.23. The molecule has 0 saturated carbocycles. The monoisotopic (exact) mass is 371 g/mol. The molecule has 2 heterocycles. The van der Waals surface area contributed by atoms with Gasteiger partial charge in [-0.2, -0.15) is 0 Å². The topological polar surface area (TPSA) is 71.8 Å². The van der Waals surface area contributed by atoms with E-state index >= 15 is 0 Å². The minimum atomic E-state index is -0.410. The van der Waals surface area contributed by atoms with Gasteiger partial charge in [-0.15, -0.1) is 0 Å². The van der Waals surface area contributed by atoms with Gasteiger partial charge in [-0.05, 0) is 44.0 Å². The number of nitrogens with two attached hydrogens (primary N) is 1. The highest BCUT2D eigenvalue weighted by Gasteiger charge is 2.16. The average Bonchev–Trinajstić information content (AvgIpc) is 2.68. The van der Waals surface area contributed by atoms with Crippen LogP contribution < -0.4 is 11.3 Å². The van der Waals surface area contributed by atoms with Crippen molar-refractivity contribution in [3.8, 4) is 11.3 Å². The maximum absolute atomic E-state index is 12.3. The third-order valence-electron chi connectivity index (χ3n) is 4.69. The number of pyridine rings is 2. The molecule has 0 unspecified atom stereocenters. The molecule has 0 atom stereocenters. The van der Waals surface area contributed by atoms with Crippen LogP contribution in [0.2, 0.25) is 0 Å². The molecule has 0 aliphatic rings. The van der Waals surface area contributed by atoms with Gasteiger partial charge in [-0.3, -0.25) is 4.79 Å². The number of nitrogens with zero attached hydrogens (tertiary/aromatic N) is 1. The van der Waals surface area contributed by atoms with Gasteiger partial charge >= 0.3 is 0 Å². The van der Waals surface area contributed by atoms with Crippen molar-refractivity contribution in [2.45, 2.75) is 26.3 Å². The molecule has 0 amide bonds. The molecule has 0 spiro atoms. The molecule has 0 fully saturated rings. The van der Waals surface area contributed by atoms with Crippen LogP contribution in [0.4, 0.5) is 0 Å². The van der Waals surface area contributed by atoms with E-state index in [9.17, 15) is 4.79 Å². The number of fused-ring (bicyclic) bond motifs is 1. The Morgan fingerprint density at radius 3 is 2.54 bits per heavy atom. The molecule has 3 N–H and O–H groups in total. The summed E-state index contributed by atoms with van der Waals surface area (Å²) in [5, 5.41) is 0.562. The zero-order chi connectivity index (χ0) is 20.3. The minimum absolute atomic E-state index is 0.152. The smallest absolute Gasteiger partial charge is 0.257 e. The van der Waals surface area contributed by atoms with Crippen molar-refractivity contribution in [3.63, 3.8) is 0 Å². The molecule has 1 aromatic carbocycles. The summed E-state index contributed by atoms with van der Waals surface area (Å²) >= 11 is 0. The van der Waals surface area contributed by atoms with Crippen LogP contribution in [-0.2, 0) is 5.54 Å². The van der Waals surface area contributed by atoms with Crippen molar-refractivity contribution in [1.82, 2.24) is 9.97 Å². The lowest BCUT2D eigenvalue weighted by Crippen LogP contribution is -2.28. The first kappa shape index (κ1) is 19.5. The number of rotatable bonds is 5. The summed E-state index contributed by atoms with van der Waals surface area (Å²) in [6.07, 6.45) is 9.19. The van der Waals surface area contributed by atoms with Crippen LogP contribution in [0.25, 0.3) is 27.7 Å². The second-order valence-electron chi connectivity index (χ2n) is 7.26. The quantitative estimate of drug-likeness (QED) is 0.625. The molecule has 3 rings (SSSR count). The number of nitrogens with one attached hydrogen (secondary N) is 1. The van der Waals surface area contributed by atoms with Gasteiger partial charge in [0, 0.05) is 22.9 Å². The van der Waals surface area contributed by atoms with E-state index in [2.05, 4.69) is 11.6 Å². The lowest BCUT2D eigenvalue weighted by atomic mass is 9.92. The Bertz CT molecular complexity index is 1130. The van der Waals surface area contributed by atoms with Crippen LogP contribution in [0.3, 0.4) is 0 Å². The number of aromatic nitrogens is 2. The Hall–Kier alpha value is -3.24. The predicted octanol–water partition coefficient (Wildman–Crippen LogP) is 4.93. The molecule has 0 aliphatic heterocycles. The molecule has 3 aromatic rings. The maximum atomic E-state index is 12.3. The third kappa shape index (κ3) is 3.87. The molecular weight excluding hydrogens is 346 g/mol. The molecule has 0 bridgehead atoms. The summed E-state index contributed by atoms with van der Waals surface area (Å²) in [6, 6.07) is 11.8. The molecule has 0 saturated heterocycles. The summed E-state index contributed by atoms with van der Waals surface area (Å²) in [6.45, 7) is 9.66. The molecule has 142 valence electrons. The molecule has 4 nitrogen and oxygen atoms in total. The van der Waals surface area contributed by atoms with Gasteiger partial charge in [-0.1, -0.05) is 55.1 Å². The molecule has 28 heavy (non-hydrogen) atoms. The summed E-state index contributed by atoms with van der Waals surface area (Å²) in [5.74, 6) is 0. The first-order chi connectivity index (χ1) is 13.3. The van der Waals surface area contributed by atoms with Crippen LogP contribution >= 0.6 is 0 Å². The number of H-pyrrole nitrogens is 1. The largest absolute Gasteiger partial charge is 0.328 e. The summed E-state index contributed by atoms with van der Waals surface area (Å²) in [7, 11) is 0. The number of hydrogen-bond acceptors (Lipinski definition) is 3. The van der Waals surface area contributed by atoms with Crippen molar-refractivity contribution in [2.24, 2.45) is 5.73 Å². The zero-order valence-electron chi connectivity index (χ0n) is 16.5. The highest BCUT2D eigenvalue weighted by atomic mass is 16.1. The molecule has 0 radical (unpaired) electrons. The van der Waals surface area contributed by atoms with Crippen molar-refractivity contribution >= 4 is 16.5 Å². The standard InChI is InChI=1S/C24H25N3O/c1-5-7-8-16(6-2)19-15-20-21(13-14-26-23(20)28)27-22(19)17-9-11-18(12-10-17)24(3,4)25/h5-15H,1,25H2,2-4H3,(H,26,28)/b8-7-,16-6+. The summed E-state index contributed by atoms with van der Waals surface area (Å²) in [4.78, 5) is 19.8. The number of allylic oxidation sites excluding steroid dienone is 5. The van der Waals surface area contributed by atoms with Gasteiger partial charge in [0.05, 0.1) is 16.6 Å². The minimum Gasteiger partial charge on any atom is -0.328 e. The van der Waals surface area contributed by atoms with E-state index in [1.165, 1.54) is 0 Å². The predicted molar refractivity (Wildman–Crippen MR) is 118 cm³/mol. The first-order valence-electron chi connectivity index (χ1n) is 9.23. The SMILES string of the molecule is C=C/C=C\C(=C/C)c1cc2c(=O)[nH]ccc2nc1-c1ccc(C(C)(C)N)cc1. The van der Waals surface area contributed by atoms with Crippen molar-refractivity contribution < 1.29 is 0 Å². The van der Waals surface area contributed by atoms with Crippen LogP contribution in [0.5, 0.6) is 0 Å². The fourth-order valence-corrected chi connectivity index (χ4v) is 3.12. The van der Waals surface area contributed by atoms with Crippen LogP contribution in [0, 0.1) is 0 Å². The van der Waals surface area contributed by atoms with Gasteiger partial charge in [0.2, 0.25) is 0 Å². The fraction of sp³-hybridized carbons (Fsp3) is 0.167. The van der Waals surface area contributed by atoms with E-state index in [1.54, 1.807) is 12.3 Å². The number of aromatic amines is 1. The van der Waals surface area contributed by atoms with E-state index in [4.69, 9.17) is 10.7 Å². The van der Waals surface area contributed by atoms with E-state index < -0.39 is 5.54 Å². The van der Waals surface area contributed by atoms with Crippen molar-refractivity contribution in [3.05, 3.63) is 95.0 Å². The maximum Gasteiger partial charge on any atom is 0.257 e. The Balaban J connectivity index is 2.28. The number of hydrogen-bond donors (Lipinski definition) is 2.